The van der Waals surface area contributed by atoms with Crippen molar-refractivity contribution in [1.29, 1.82) is 0 Å². The van der Waals surface area contributed by atoms with Gasteiger partial charge in [-0.05, 0) is 126 Å². The van der Waals surface area contributed by atoms with Gasteiger partial charge in [0.25, 0.3) is 0 Å². The van der Waals surface area contributed by atoms with Crippen LogP contribution in [0.3, 0.4) is 0 Å². The number of carbonyl (C=O) groups is 4. The van der Waals surface area contributed by atoms with Crippen LogP contribution in [0.2, 0.25) is 5.02 Å². The molecule has 6 atom stereocenters. The van der Waals surface area contributed by atoms with Crippen molar-refractivity contribution in [2.24, 2.45) is 36.1 Å². The number of aliphatic hydroxyl groups excluding tert-OH is 1. The number of carbonyl (C=O) groups excluding carboxylic acids is 4. The van der Waals surface area contributed by atoms with Crippen LogP contribution in [0, 0.1) is 39.6 Å². The molecule has 4 aliphatic rings. The molecule has 13 heteroatoms. The number of allylic oxidation sites excluding steroid dienone is 2. The molecule has 0 radical (unpaired) electrons. The molecular formula is C42H36ClIN4O6S. The fourth-order valence-corrected chi connectivity index (χ4v) is 11.3. The van der Waals surface area contributed by atoms with E-state index in [1.54, 1.807) is 53.4 Å². The van der Waals surface area contributed by atoms with Crippen molar-refractivity contribution < 1.29 is 29.0 Å². The maximum atomic E-state index is 15.1. The number of ether oxygens (including phenoxy) is 1. The third-order valence-corrected chi connectivity index (χ3v) is 14.4. The highest BCUT2D eigenvalue weighted by Gasteiger charge is 2.68. The number of halogens is 2. The molecule has 4 amide bonds. The second-order valence-electron chi connectivity index (χ2n) is 15.0. The normalized spacial score (nSPS) is 26.1. The summed E-state index contributed by atoms with van der Waals surface area (Å²) in [6.45, 7) is 3.89. The Labute approximate surface area is 339 Å². The van der Waals surface area contributed by atoms with E-state index in [0.717, 1.165) is 35.2 Å². The summed E-state index contributed by atoms with van der Waals surface area (Å²) >= 11 is 10.1. The van der Waals surface area contributed by atoms with Gasteiger partial charge in [0.2, 0.25) is 23.6 Å². The summed E-state index contributed by atoms with van der Waals surface area (Å²) in [5, 5.41) is 15.8. The standard InChI is InChI=1S/C42H36ClIN4O6S/c1-21-29-18-23(43)6-15-33(29)55-37(21)32-20-34(46(3)45-32)48-39(51)31-19-30-27(36(42(31,2)41(48)53)22-4-11-26(12-5-22)54-17-16-49)13-14-28-35(30)40(52)47(38(28)50)25-9-7-24(44)8-10-25/h4-13,15,18,20,28,30-31,35-36,49H,14,16-17,19H2,1-3H3. The monoisotopic (exact) mass is 886 g/mol. The van der Waals surface area contributed by atoms with Gasteiger partial charge in [-0.15, -0.1) is 11.3 Å². The summed E-state index contributed by atoms with van der Waals surface area (Å²) in [5.74, 6) is -3.28. The number of hydrogen-bond donors (Lipinski definition) is 1. The lowest BCUT2D eigenvalue weighted by Crippen LogP contribution is -2.48. The number of hydrogen-bond acceptors (Lipinski definition) is 8. The Kier molecular flexibility index (Phi) is 8.83. The molecule has 1 N–H and O–H groups in total. The van der Waals surface area contributed by atoms with Gasteiger partial charge in [0.05, 0.1) is 40.3 Å². The van der Waals surface area contributed by atoms with Gasteiger partial charge in [-0.25, -0.2) is 4.90 Å². The molecule has 9 rings (SSSR count). The second-order valence-corrected chi connectivity index (χ2v) is 17.7. The molecule has 2 aliphatic carbocycles. The number of aliphatic hydroxyl groups is 1. The van der Waals surface area contributed by atoms with Crippen molar-refractivity contribution in [2.75, 3.05) is 23.0 Å². The van der Waals surface area contributed by atoms with Gasteiger partial charge >= 0.3 is 0 Å². The van der Waals surface area contributed by atoms with Gasteiger partial charge in [-0.2, -0.15) is 5.10 Å². The van der Waals surface area contributed by atoms with Gasteiger partial charge in [0.1, 0.15) is 23.9 Å². The lowest BCUT2D eigenvalue weighted by atomic mass is 9.51. The molecule has 10 nitrogen and oxygen atoms in total. The quantitative estimate of drug-likeness (QED) is 0.101. The molecule has 6 unspecified atom stereocenters. The predicted molar refractivity (Wildman–Crippen MR) is 219 cm³/mol. The third kappa shape index (κ3) is 5.46. The Morgan fingerprint density at radius 3 is 2.44 bits per heavy atom. The highest BCUT2D eigenvalue weighted by Crippen LogP contribution is 2.64. The zero-order valence-corrected chi connectivity index (χ0v) is 33.9. The molecule has 2 saturated heterocycles. The van der Waals surface area contributed by atoms with Crippen LogP contribution in [0.1, 0.15) is 36.8 Å². The average Bonchev–Trinajstić information content (AvgIpc) is 3.84. The van der Waals surface area contributed by atoms with Crippen LogP contribution in [0.5, 0.6) is 5.75 Å². The highest BCUT2D eigenvalue weighted by atomic mass is 127. The maximum absolute atomic E-state index is 15.1. The average molecular weight is 887 g/mol. The minimum atomic E-state index is -1.21. The van der Waals surface area contributed by atoms with Crippen molar-refractivity contribution in [1.82, 2.24) is 9.78 Å². The van der Waals surface area contributed by atoms with Crippen molar-refractivity contribution in [2.45, 2.75) is 32.6 Å². The number of aryl methyl sites for hydroxylation is 2. The Hall–Kier alpha value is -4.37. The number of fused-ring (bicyclic) bond motifs is 5. The number of thiophene rings is 1. The van der Waals surface area contributed by atoms with Crippen molar-refractivity contribution in [3.8, 4) is 16.3 Å². The molecule has 5 aromatic rings. The fourth-order valence-electron chi connectivity index (χ4n) is 9.59. The molecule has 2 aliphatic heterocycles. The molecule has 0 bridgehead atoms. The molecule has 0 spiro atoms. The fraction of sp³-hybridized carbons (Fsp3) is 0.310. The van der Waals surface area contributed by atoms with Gasteiger partial charge in [0.15, 0.2) is 0 Å². The number of imide groups is 2. The van der Waals surface area contributed by atoms with Crippen LogP contribution in [0.15, 0.2) is 84.4 Å². The smallest absolute Gasteiger partial charge is 0.242 e. The Morgan fingerprint density at radius 2 is 1.71 bits per heavy atom. The van der Waals surface area contributed by atoms with E-state index in [2.05, 4.69) is 28.7 Å². The van der Waals surface area contributed by atoms with Crippen LogP contribution < -0.4 is 14.5 Å². The second kappa shape index (κ2) is 13.4. The lowest BCUT2D eigenvalue weighted by Gasteiger charge is -2.49. The summed E-state index contributed by atoms with van der Waals surface area (Å²) in [5.41, 5.74) is 2.69. The Balaban J connectivity index is 1.14. The molecule has 3 aromatic carbocycles. The number of benzene rings is 3. The summed E-state index contributed by atoms with van der Waals surface area (Å²) < 4.78 is 9.29. The van der Waals surface area contributed by atoms with E-state index in [4.69, 9.17) is 21.4 Å². The molecule has 55 heavy (non-hydrogen) atoms. The van der Waals surface area contributed by atoms with Crippen molar-refractivity contribution in [3.05, 3.63) is 104 Å². The van der Waals surface area contributed by atoms with Gasteiger partial charge < -0.3 is 9.84 Å². The van der Waals surface area contributed by atoms with Gasteiger partial charge in [0, 0.05) is 32.3 Å². The topological polar surface area (TPSA) is 122 Å². The van der Waals surface area contributed by atoms with E-state index < -0.39 is 35.0 Å². The Bertz CT molecular complexity index is 2480. The largest absolute Gasteiger partial charge is 0.491 e. The lowest BCUT2D eigenvalue weighted by molar-refractivity contribution is -0.131. The molecule has 2 aromatic heterocycles. The zero-order valence-electron chi connectivity index (χ0n) is 30.2. The first-order valence-corrected chi connectivity index (χ1v) is 20.5. The van der Waals surface area contributed by atoms with E-state index in [1.807, 2.05) is 56.3 Å². The van der Waals surface area contributed by atoms with Gasteiger partial charge in [-0.3, -0.25) is 28.8 Å². The SMILES string of the molecule is Cc1c(-c2cc(N3C(=O)C4CC5C(=CCC6C(=O)N(c7ccc(I)cc7)C(=O)C65)C(c5ccc(OCCO)cc5)C4(C)C3=O)n(C)n2)sc2ccc(Cl)cc12. The maximum Gasteiger partial charge on any atom is 0.242 e. The molecule has 4 heterocycles. The molecule has 1 saturated carbocycles. The minimum Gasteiger partial charge on any atom is -0.491 e. The van der Waals surface area contributed by atoms with E-state index in [9.17, 15) is 19.5 Å². The minimum absolute atomic E-state index is 0.133. The summed E-state index contributed by atoms with van der Waals surface area (Å²) in [6.07, 6.45) is 2.66. The van der Waals surface area contributed by atoms with Gasteiger partial charge in [-0.1, -0.05) is 35.4 Å². The Morgan fingerprint density at radius 1 is 0.964 bits per heavy atom. The molecule has 280 valence electrons. The number of amides is 4. The van der Waals surface area contributed by atoms with Crippen LogP contribution in [-0.2, 0) is 26.2 Å². The first kappa shape index (κ1) is 36.3. The van der Waals surface area contributed by atoms with E-state index in [0.29, 0.717) is 34.4 Å². The van der Waals surface area contributed by atoms with Crippen LogP contribution in [0.25, 0.3) is 20.7 Å². The van der Waals surface area contributed by atoms with Crippen LogP contribution in [-0.4, -0.2) is 51.7 Å². The van der Waals surface area contributed by atoms with Crippen molar-refractivity contribution in [3.63, 3.8) is 0 Å². The summed E-state index contributed by atoms with van der Waals surface area (Å²) in [6, 6.07) is 22.3. The highest BCUT2D eigenvalue weighted by molar-refractivity contribution is 14.1. The van der Waals surface area contributed by atoms with Crippen molar-refractivity contribution >= 4 is 90.7 Å². The first-order chi connectivity index (χ1) is 26.4. The molecular weight excluding hydrogens is 851 g/mol. The first-order valence-electron chi connectivity index (χ1n) is 18.2. The van der Waals surface area contributed by atoms with Crippen LogP contribution >= 0.6 is 45.5 Å². The number of rotatable bonds is 7. The predicted octanol–water partition coefficient (Wildman–Crippen LogP) is 7.67. The number of anilines is 2. The van der Waals surface area contributed by atoms with E-state index >= 15 is 4.79 Å². The summed E-state index contributed by atoms with van der Waals surface area (Å²) in [4.78, 5) is 62.0. The van der Waals surface area contributed by atoms with E-state index in [1.165, 1.54) is 9.80 Å². The third-order valence-electron chi connectivity index (χ3n) is 12.1. The number of nitrogens with zero attached hydrogens (tertiary/aromatic N) is 4. The van der Waals surface area contributed by atoms with E-state index in [-0.39, 0.29) is 43.3 Å². The van der Waals surface area contributed by atoms with Crippen LogP contribution in [0.4, 0.5) is 11.5 Å². The number of aromatic nitrogens is 2. The molecule has 3 fully saturated rings. The zero-order chi connectivity index (χ0) is 38.5. The summed E-state index contributed by atoms with van der Waals surface area (Å²) in [7, 11) is 1.74.